The summed E-state index contributed by atoms with van der Waals surface area (Å²) < 4.78 is 43.4. The molecule has 2 fully saturated rings. The van der Waals surface area contributed by atoms with Crippen LogP contribution in [-0.4, -0.2) is 59.2 Å². The van der Waals surface area contributed by atoms with Gasteiger partial charge in [0.05, 0.1) is 11.1 Å². The van der Waals surface area contributed by atoms with Crippen molar-refractivity contribution in [2.75, 3.05) is 44.2 Å². The van der Waals surface area contributed by atoms with Gasteiger partial charge in [-0.3, -0.25) is 9.80 Å². The normalized spacial score (nSPS) is 18.8. The van der Waals surface area contributed by atoms with Gasteiger partial charge in [0.2, 0.25) is 0 Å². The Kier molecular flexibility index (Phi) is 6.71. The molecule has 174 valence electrons. The summed E-state index contributed by atoms with van der Waals surface area (Å²) in [5.74, 6) is 0.488. The number of pyridine rings is 1. The maximum atomic E-state index is 12.7. The van der Waals surface area contributed by atoms with Crippen LogP contribution in [-0.2, 0) is 19.3 Å². The Labute approximate surface area is 184 Å². The van der Waals surface area contributed by atoms with E-state index in [0.29, 0.717) is 44.1 Å². The molecule has 0 aromatic carbocycles. The summed E-state index contributed by atoms with van der Waals surface area (Å²) in [6, 6.07) is 2.41. The van der Waals surface area contributed by atoms with E-state index in [-0.39, 0.29) is 17.9 Å². The number of alkyl halides is 3. The maximum absolute atomic E-state index is 12.7. The summed E-state index contributed by atoms with van der Waals surface area (Å²) in [4.78, 5) is 22.4. The third-order valence-corrected chi connectivity index (χ3v) is 6.14. The lowest BCUT2D eigenvalue weighted by atomic mass is 10.1. The lowest BCUT2D eigenvalue weighted by molar-refractivity contribution is -0.137. The number of anilines is 1. The maximum Gasteiger partial charge on any atom is 0.417 e. The molecule has 0 amide bonds. The van der Waals surface area contributed by atoms with Crippen LogP contribution in [0.3, 0.4) is 0 Å². The van der Waals surface area contributed by atoms with E-state index in [2.05, 4.69) is 9.88 Å². The Bertz CT molecular complexity index is 964. The number of rotatable bonds is 5. The van der Waals surface area contributed by atoms with Gasteiger partial charge in [0.15, 0.2) is 0 Å². The van der Waals surface area contributed by atoms with Crippen molar-refractivity contribution >= 4 is 5.82 Å². The summed E-state index contributed by atoms with van der Waals surface area (Å²) in [6.45, 7) is 5.01. The van der Waals surface area contributed by atoms with Gasteiger partial charge in [-0.25, -0.2) is 9.78 Å². The highest BCUT2D eigenvalue weighted by Crippen LogP contribution is 2.30. The number of piperazine rings is 1. The van der Waals surface area contributed by atoms with Crippen LogP contribution in [0.1, 0.15) is 36.0 Å². The van der Waals surface area contributed by atoms with Gasteiger partial charge < -0.3 is 14.4 Å². The summed E-state index contributed by atoms with van der Waals surface area (Å²) in [7, 11) is 0. The molecular formula is C22H27F3N4O3. The molecule has 0 unspecified atom stereocenters. The molecule has 1 N–H and O–H groups in total. The summed E-state index contributed by atoms with van der Waals surface area (Å²) in [5, 5.41) is 10.7. The topological polar surface area (TPSA) is 73.1 Å². The van der Waals surface area contributed by atoms with Crippen molar-refractivity contribution in [3.63, 3.8) is 0 Å². The van der Waals surface area contributed by atoms with Crippen molar-refractivity contribution in [2.45, 2.75) is 38.5 Å². The standard InChI is InChI=1S/C22H27F3N4O3/c23-22(24,25)17-4-5-19(26-12-17)29-10-8-28(9-11-29)14-18-20(30)16(15-32-21(18)31)13-27-6-2-1-3-7-27/h4-5,12,15,30H,1-3,6-11,13-14H2. The highest BCUT2D eigenvalue weighted by molar-refractivity contribution is 5.41. The molecular weight excluding hydrogens is 425 g/mol. The molecule has 0 radical (unpaired) electrons. The SMILES string of the molecule is O=c1occ(CN2CCCCC2)c(O)c1CN1CCN(c2ccc(C(F)(F)F)cn2)CC1. The minimum Gasteiger partial charge on any atom is -0.507 e. The van der Waals surface area contributed by atoms with Crippen LogP contribution < -0.4 is 10.5 Å². The summed E-state index contributed by atoms with van der Waals surface area (Å²) in [5.41, 5.74) is -0.446. The van der Waals surface area contributed by atoms with Gasteiger partial charge in [0, 0.05) is 51.0 Å². The second kappa shape index (κ2) is 9.50. The van der Waals surface area contributed by atoms with Crippen LogP contribution in [0, 0.1) is 0 Å². The third kappa shape index (κ3) is 5.24. The molecule has 2 saturated heterocycles. The van der Waals surface area contributed by atoms with Crippen LogP contribution >= 0.6 is 0 Å². The van der Waals surface area contributed by atoms with Gasteiger partial charge in [-0.15, -0.1) is 0 Å². The number of likely N-dealkylation sites (tertiary alicyclic amines) is 1. The fourth-order valence-electron chi connectivity index (χ4n) is 4.25. The average molecular weight is 452 g/mol. The zero-order chi connectivity index (χ0) is 22.7. The number of halogens is 3. The molecule has 0 spiro atoms. The number of aromatic nitrogens is 1. The van der Waals surface area contributed by atoms with Crippen molar-refractivity contribution in [3.8, 4) is 5.75 Å². The fraction of sp³-hybridized carbons (Fsp3) is 0.545. The predicted octanol–water partition coefficient (Wildman–Crippen LogP) is 3.07. The number of nitrogens with zero attached hydrogens (tertiary/aromatic N) is 4. The fourth-order valence-corrected chi connectivity index (χ4v) is 4.25. The van der Waals surface area contributed by atoms with Gasteiger partial charge in [0.25, 0.3) is 0 Å². The minimum atomic E-state index is -4.41. The molecule has 0 atom stereocenters. The van der Waals surface area contributed by atoms with Gasteiger partial charge >= 0.3 is 11.8 Å². The first kappa shape index (κ1) is 22.6. The molecule has 10 heteroatoms. The van der Waals surface area contributed by atoms with E-state index in [1.54, 1.807) is 0 Å². The summed E-state index contributed by atoms with van der Waals surface area (Å²) >= 11 is 0. The van der Waals surface area contributed by atoms with Gasteiger partial charge in [-0.2, -0.15) is 13.2 Å². The Morgan fingerprint density at radius 1 is 0.969 bits per heavy atom. The Morgan fingerprint density at radius 2 is 1.66 bits per heavy atom. The molecule has 2 aromatic heterocycles. The molecule has 0 saturated carbocycles. The first-order chi connectivity index (χ1) is 15.3. The number of hydrogen-bond acceptors (Lipinski definition) is 7. The van der Waals surface area contributed by atoms with Crippen molar-refractivity contribution in [1.82, 2.24) is 14.8 Å². The van der Waals surface area contributed by atoms with Crippen LogP contribution in [0.2, 0.25) is 0 Å². The van der Waals surface area contributed by atoms with Crippen molar-refractivity contribution < 1.29 is 22.7 Å². The van der Waals surface area contributed by atoms with Crippen LogP contribution in [0.5, 0.6) is 5.75 Å². The van der Waals surface area contributed by atoms with Crippen LogP contribution in [0.15, 0.2) is 33.8 Å². The van der Waals surface area contributed by atoms with Gasteiger partial charge in [-0.1, -0.05) is 6.42 Å². The van der Waals surface area contributed by atoms with E-state index >= 15 is 0 Å². The number of aromatic hydroxyl groups is 1. The lowest BCUT2D eigenvalue weighted by Gasteiger charge is -2.35. The Morgan fingerprint density at radius 3 is 2.28 bits per heavy atom. The second-order valence-corrected chi connectivity index (χ2v) is 8.38. The second-order valence-electron chi connectivity index (χ2n) is 8.38. The van der Waals surface area contributed by atoms with E-state index < -0.39 is 17.4 Å². The van der Waals surface area contributed by atoms with E-state index in [9.17, 15) is 23.1 Å². The van der Waals surface area contributed by atoms with E-state index in [4.69, 9.17) is 4.42 Å². The molecule has 2 aliphatic heterocycles. The largest absolute Gasteiger partial charge is 0.507 e. The quantitative estimate of drug-likeness (QED) is 0.748. The van der Waals surface area contributed by atoms with Gasteiger partial charge in [-0.05, 0) is 38.1 Å². The predicted molar refractivity (Wildman–Crippen MR) is 112 cm³/mol. The molecule has 2 aliphatic rings. The number of piperidine rings is 1. The molecule has 7 nitrogen and oxygen atoms in total. The summed E-state index contributed by atoms with van der Waals surface area (Å²) in [6.07, 6.45) is 1.26. The monoisotopic (exact) mass is 452 g/mol. The number of hydrogen-bond donors (Lipinski definition) is 1. The molecule has 4 heterocycles. The Balaban J connectivity index is 1.37. The van der Waals surface area contributed by atoms with Crippen molar-refractivity contribution in [2.24, 2.45) is 0 Å². The molecule has 32 heavy (non-hydrogen) atoms. The van der Waals surface area contributed by atoms with E-state index in [1.807, 2.05) is 9.80 Å². The van der Waals surface area contributed by atoms with Gasteiger partial charge in [0.1, 0.15) is 17.8 Å². The van der Waals surface area contributed by atoms with Crippen LogP contribution in [0.25, 0.3) is 0 Å². The third-order valence-electron chi connectivity index (χ3n) is 6.14. The average Bonchev–Trinajstić information content (AvgIpc) is 2.79. The van der Waals surface area contributed by atoms with E-state index in [1.165, 1.54) is 18.8 Å². The highest BCUT2D eigenvalue weighted by Gasteiger charge is 2.31. The molecule has 0 bridgehead atoms. The molecule has 0 aliphatic carbocycles. The molecule has 2 aromatic rings. The van der Waals surface area contributed by atoms with Crippen LogP contribution in [0.4, 0.5) is 19.0 Å². The smallest absolute Gasteiger partial charge is 0.417 e. The van der Waals surface area contributed by atoms with Crippen molar-refractivity contribution in [3.05, 3.63) is 51.7 Å². The zero-order valence-electron chi connectivity index (χ0n) is 17.8. The first-order valence-electron chi connectivity index (χ1n) is 10.9. The Hall–Kier alpha value is -2.59. The minimum absolute atomic E-state index is 0.00124. The highest BCUT2D eigenvalue weighted by atomic mass is 19.4. The van der Waals surface area contributed by atoms with E-state index in [0.717, 1.165) is 38.2 Å². The zero-order valence-corrected chi connectivity index (χ0v) is 17.8. The first-order valence-corrected chi connectivity index (χ1v) is 10.9. The molecule has 4 rings (SSSR count). The lowest BCUT2D eigenvalue weighted by Crippen LogP contribution is -2.46. The van der Waals surface area contributed by atoms with Crippen molar-refractivity contribution in [1.29, 1.82) is 0 Å².